The van der Waals surface area contributed by atoms with Gasteiger partial charge in [0.1, 0.15) is 17.2 Å². The highest BCUT2D eigenvalue weighted by Crippen LogP contribution is 2.22. The molecule has 1 aliphatic rings. The number of ether oxygens (including phenoxy) is 3. The number of hydrogen-bond donors (Lipinski definition) is 0. The second kappa shape index (κ2) is 9.55. The molecule has 1 unspecified atom stereocenters. The lowest BCUT2D eigenvalue weighted by Crippen LogP contribution is -2.41. The highest BCUT2D eigenvalue weighted by Gasteiger charge is 2.32. The van der Waals surface area contributed by atoms with Crippen molar-refractivity contribution in [3.8, 4) is 5.75 Å². The van der Waals surface area contributed by atoms with Crippen LogP contribution in [0.5, 0.6) is 5.75 Å². The van der Waals surface area contributed by atoms with Crippen molar-refractivity contribution in [2.45, 2.75) is 51.7 Å². The van der Waals surface area contributed by atoms with E-state index < -0.39 is 5.60 Å². The second-order valence-corrected chi connectivity index (χ2v) is 8.18. The largest absolute Gasteiger partial charge is 0.493 e. The molecule has 0 N–H and O–H groups in total. The van der Waals surface area contributed by atoms with Gasteiger partial charge in [-0.05, 0) is 61.7 Å². The van der Waals surface area contributed by atoms with Gasteiger partial charge in [0.2, 0.25) is 0 Å². The maximum Gasteiger partial charge on any atom is 0.410 e. The Bertz CT molecular complexity index is 606. The van der Waals surface area contributed by atoms with E-state index in [1.807, 2.05) is 20.8 Å². The predicted octanol–water partition coefficient (Wildman–Crippen LogP) is 4.77. The van der Waals surface area contributed by atoms with Gasteiger partial charge in [-0.15, -0.1) is 0 Å². The van der Waals surface area contributed by atoms with E-state index in [0.717, 1.165) is 12.8 Å². The van der Waals surface area contributed by atoms with Crippen molar-refractivity contribution in [1.82, 2.24) is 4.90 Å². The number of hydrogen-bond acceptors (Lipinski definition) is 4. The third-order valence-electron chi connectivity index (χ3n) is 3.91. The molecule has 1 aromatic rings. The van der Waals surface area contributed by atoms with Gasteiger partial charge in [0.05, 0.1) is 23.7 Å². The van der Waals surface area contributed by atoms with Crippen LogP contribution in [-0.2, 0) is 9.47 Å². The van der Waals surface area contributed by atoms with Crippen LogP contribution in [0.1, 0.15) is 40.0 Å². The number of amides is 1. The first-order valence-corrected chi connectivity index (χ1v) is 9.71. The highest BCUT2D eigenvalue weighted by molar-refractivity contribution is 9.10. The molecule has 146 valence electrons. The summed E-state index contributed by atoms with van der Waals surface area (Å²) in [5, 5.41) is 0. The fourth-order valence-corrected chi connectivity index (χ4v) is 2.95. The van der Waals surface area contributed by atoms with Gasteiger partial charge in [0.15, 0.2) is 0 Å². The van der Waals surface area contributed by atoms with E-state index >= 15 is 0 Å². The second-order valence-electron chi connectivity index (χ2n) is 7.32. The SMILES string of the molecule is CC(C)(C)OC(=O)N1CCCC1COCCCOc1ccc(Br)c(F)c1. The minimum Gasteiger partial charge on any atom is -0.493 e. The molecule has 1 aliphatic heterocycles. The van der Waals surface area contributed by atoms with Gasteiger partial charge in [-0.3, -0.25) is 0 Å². The molecule has 5 nitrogen and oxygen atoms in total. The van der Waals surface area contributed by atoms with E-state index in [1.165, 1.54) is 6.07 Å². The average Bonchev–Trinajstić information content (AvgIpc) is 3.01. The lowest BCUT2D eigenvalue weighted by atomic mass is 10.2. The topological polar surface area (TPSA) is 48.0 Å². The molecule has 2 rings (SSSR count). The fraction of sp³-hybridized carbons (Fsp3) is 0.632. The molecule has 1 amide bonds. The molecule has 26 heavy (non-hydrogen) atoms. The van der Waals surface area contributed by atoms with E-state index in [4.69, 9.17) is 14.2 Å². The molecule has 0 saturated carbocycles. The maximum absolute atomic E-state index is 13.4. The molecule has 0 bridgehead atoms. The Balaban J connectivity index is 1.64. The van der Waals surface area contributed by atoms with Crippen LogP contribution in [0.15, 0.2) is 22.7 Å². The monoisotopic (exact) mass is 431 g/mol. The third-order valence-corrected chi connectivity index (χ3v) is 4.55. The number of carbonyl (C=O) groups is 1. The minimum absolute atomic E-state index is 0.0614. The van der Waals surface area contributed by atoms with Crippen molar-refractivity contribution in [1.29, 1.82) is 0 Å². The van der Waals surface area contributed by atoms with E-state index in [9.17, 15) is 9.18 Å². The van der Waals surface area contributed by atoms with Gasteiger partial charge in [0, 0.05) is 25.6 Å². The first-order chi connectivity index (χ1) is 12.3. The van der Waals surface area contributed by atoms with Crippen LogP contribution in [0, 0.1) is 5.82 Å². The Labute approximate surface area is 162 Å². The summed E-state index contributed by atoms with van der Waals surface area (Å²) in [6.45, 7) is 7.77. The van der Waals surface area contributed by atoms with E-state index in [2.05, 4.69) is 15.9 Å². The van der Waals surface area contributed by atoms with Crippen LogP contribution in [0.2, 0.25) is 0 Å². The maximum atomic E-state index is 13.4. The number of likely N-dealkylation sites (tertiary alicyclic amines) is 1. The van der Waals surface area contributed by atoms with Crippen molar-refractivity contribution < 1.29 is 23.4 Å². The van der Waals surface area contributed by atoms with E-state index in [1.54, 1.807) is 17.0 Å². The molecule has 0 aromatic heterocycles. The van der Waals surface area contributed by atoms with E-state index in [0.29, 0.717) is 43.0 Å². The minimum atomic E-state index is -0.491. The first-order valence-electron chi connectivity index (χ1n) is 8.91. The Morgan fingerprint density at radius 1 is 1.35 bits per heavy atom. The predicted molar refractivity (Wildman–Crippen MR) is 101 cm³/mol. The summed E-state index contributed by atoms with van der Waals surface area (Å²) < 4.78 is 30.5. The normalized spacial score (nSPS) is 17.4. The summed E-state index contributed by atoms with van der Waals surface area (Å²) in [4.78, 5) is 14.0. The summed E-state index contributed by atoms with van der Waals surface area (Å²) >= 11 is 3.11. The molecule has 1 atom stereocenters. The quantitative estimate of drug-likeness (QED) is 0.583. The Kier molecular flexibility index (Phi) is 7.70. The van der Waals surface area contributed by atoms with Crippen LogP contribution < -0.4 is 4.74 Å². The summed E-state index contributed by atoms with van der Waals surface area (Å²) in [5.74, 6) is 0.153. The average molecular weight is 432 g/mol. The summed E-state index contributed by atoms with van der Waals surface area (Å²) in [6.07, 6.45) is 2.31. The standard InChI is InChI=1S/C19H27BrFNO4/c1-19(2,3)26-18(23)22-9-4-6-14(22)13-24-10-5-11-25-15-7-8-16(20)17(21)12-15/h7-8,12,14H,4-6,9-11,13H2,1-3H3. The molecular formula is C19H27BrFNO4. The van der Waals surface area contributed by atoms with Crippen molar-refractivity contribution >= 4 is 22.0 Å². The zero-order valence-corrected chi connectivity index (χ0v) is 17.2. The number of carbonyl (C=O) groups excluding carboxylic acids is 1. The van der Waals surface area contributed by atoms with Gasteiger partial charge in [-0.2, -0.15) is 0 Å². The first kappa shape index (κ1) is 21.0. The number of halogens is 2. The molecule has 0 aliphatic carbocycles. The lowest BCUT2D eigenvalue weighted by molar-refractivity contribution is 0.00977. The Morgan fingerprint density at radius 2 is 2.12 bits per heavy atom. The molecule has 0 radical (unpaired) electrons. The Morgan fingerprint density at radius 3 is 2.81 bits per heavy atom. The van der Waals surface area contributed by atoms with Crippen LogP contribution in [0.25, 0.3) is 0 Å². The van der Waals surface area contributed by atoms with Gasteiger partial charge in [-0.1, -0.05) is 0 Å². The van der Waals surface area contributed by atoms with Crippen molar-refractivity contribution in [2.24, 2.45) is 0 Å². The van der Waals surface area contributed by atoms with E-state index in [-0.39, 0.29) is 18.0 Å². The number of rotatable bonds is 7. The molecule has 1 heterocycles. The van der Waals surface area contributed by atoms with Gasteiger partial charge < -0.3 is 19.1 Å². The molecule has 0 spiro atoms. The fourth-order valence-electron chi connectivity index (χ4n) is 2.71. The third kappa shape index (κ3) is 6.76. The zero-order valence-electron chi connectivity index (χ0n) is 15.6. The molecule has 7 heteroatoms. The van der Waals surface area contributed by atoms with Crippen molar-refractivity contribution in [3.05, 3.63) is 28.5 Å². The lowest BCUT2D eigenvalue weighted by Gasteiger charge is -2.28. The van der Waals surface area contributed by atoms with Crippen LogP contribution in [0.4, 0.5) is 9.18 Å². The Hall–Kier alpha value is -1.34. The molecular weight excluding hydrogens is 405 g/mol. The van der Waals surface area contributed by atoms with Crippen LogP contribution in [0.3, 0.4) is 0 Å². The van der Waals surface area contributed by atoms with Gasteiger partial charge >= 0.3 is 6.09 Å². The zero-order chi connectivity index (χ0) is 19.2. The molecule has 1 aromatic carbocycles. The molecule has 1 saturated heterocycles. The summed E-state index contributed by atoms with van der Waals surface area (Å²) in [5.41, 5.74) is -0.491. The van der Waals surface area contributed by atoms with Crippen molar-refractivity contribution in [2.75, 3.05) is 26.4 Å². The van der Waals surface area contributed by atoms with Crippen molar-refractivity contribution in [3.63, 3.8) is 0 Å². The summed E-state index contributed by atoms with van der Waals surface area (Å²) in [7, 11) is 0. The smallest absolute Gasteiger partial charge is 0.410 e. The van der Waals surface area contributed by atoms with Gasteiger partial charge in [-0.25, -0.2) is 9.18 Å². The number of benzene rings is 1. The highest BCUT2D eigenvalue weighted by atomic mass is 79.9. The number of nitrogens with zero attached hydrogens (tertiary/aromatic N) is 1. The van der Waals surface area contributed by atoms with Gasteiger partial charge in [0.25, 0.3) is 0 Å². The van der Waals surface area contributed by atoms with Crippen LogP contribution >= 0.6 is 15.9 Å². The summed E-state index contributed by atoms with van der Waals surface area (Å²) in [6, 6.07) is 4.74. The molecule has 1 fully saturated rings. The van der Waals surface area contributed by atoms with Crippen LogP contribution in [-0.4, -0.2) is 49.0 Å².